The Bertz CT molecular complexity index is 719. The van der Waals surface area contributed by atoms with Crippen LogP contribution < -0.4 is 0 Å². The molecule has 0 spiro atoms. The zero-order chi connectivity index (χ0) is 12.5. The zero-order valence-electron chi connectivity index (χ0n) is 9.60. The molecule has 0 aliphatic rings. The summed E-state index contributed by atoms with van der Waals surface area (Å²) < 4.78 is 1.18. The van der Waals surface area contributed by atoms with Crippen molar-refractivity contribution >= 4 is 33.4 Å². The van der Waals surface area contributed by atoms with Crippen LogP contribution in [0.25, 0.3) is 21.9 Å². The Morgan fingerprint density at radius 2 is 1.56 bits per heavy atom. The molecule has 18 heavy (non-hydrogen) atoms. The van der Waals surface area contributed by atoms with Gasteiger partial charge in [0.2, 0.25) is 0 Å². The lowest BCUT2D eigenvalue weighted by Crippen LogP contribution is -1.83. The fourth-order valence-electron chi connectivity index (χ4n) is 2.14. The minimum atomic E-state index is 0.336. The maximum absolute atomic E-state index is 10.1. The van der Waals surface area contributed by atoms with E-state index in [2.05, 4.69) is 40.8 Å². The maximum Gasteiger partial charge on any atom is 0.124 e. The Balaban J connectivity index is 2.28. The second-order valence-electron chi connectivity index (χ2n) is 4.20. The van der Waals surface area contributed by atoms with E-state index in [1.807, 2.05) is 42.5 Å². The van der Waals surface area contributed by atoms with E-state index in [-0.39, 0.29) is 0 Å². The second kappa shape index (κ2) is 4.61. The molecular formula is C16H11IO. The third-order valence-electron chi connectivity index (χ3n) is 3.02. The number of hydrogen-bond donors (Lipinski definition) is 1. The summed E-state index contributed by atoms with van der Waals surface area (Å²) in [5.41, 5.74) is 2.20. The maximum atomic E-state index is 10.1. The van der Waals surface area contributed by atoms with Crippen LogP contribution in [-0.2, 0) is 0 Å². The summed E-state index contributed by atoms with van der Waals surface area (Å²) in [4.78, 5) is 0. The Labute approximate surface area is 119 Å². The normalized spacial score (nSPS) is 10.7. The van der Waals surface area contributed by atoms with Crippen LogP contribution in [0.2, 0.25) is 0 Å². The molecule has 0 aromatic heterocycles. The molecule has 0 aliphatic heterocycles. The molecule has 0 radical (unpaired) electrons. The number of hydrogen-bond acceptors (Lipinski definition) is 1. The minimum absolute atomic E-state index is 0.336. The Kier molecular flexibility index (Phi) is 2.96. The van der Waals surface area contributed by atoms with Crippen LogP contribution in [0.5, 0.6) is 5.75 Å². The molecule has 0 saturated heterocycles. The molecule has 1 nitrogen and oxygen atoms in total. The van der Waals surface area contributed by atoms with E-state index in [0.717, 1.165) is 21.9 Å². The van der Waals surface area contributed by atoms with Gasteiger partial charge in [0.15, 0.2) is 0 Å². The molecule has 3 aromatic rings. The van der Waals surface area contributed by atoms with Gasteiger partial charge in [-0.05, 0) is 57.3 Å². The summed E-state index contributed by atoms with van der Waals surface area (Å²) in [7, 11) is 0. The van der Waals surface area contributed by atoms with Crippen LogP contribution in [-0.4, -0.2) is 5.11 Å². The highest BCUT2D eigenvalue weighted by molar-refractivity contribution is 14.1. The molecule has 0 amide bonds. The summed E-state index contributed by atoms with van der Waals surface area (Å²) in [5, 5.41) is 12.1. The van der Waals surface area contributed by atoms with Gasteiger partial charge in [0, 0.05) is 8.96 Å². The topological polar surface area (TPSA) is 20.2 Å². The van der Waals surface area contributed by atoms with Gasteiger partial charge in [-0.1, -0.05) is 42.5 Å². The van der Waals surface area contributed by atoms with Gasteiger partial charge in [0.1, 0.15) is 5.75 Å². The van der Waals surface area contributed by atoms with Crippen LogP contribution in [0.1, 0.15) is 0 Å². The highest BCUT2D eigenvalue weighted by atomic mass is 127. The van der Waals surface area contributed by atoms with Gasteiger partial charge in [0.25, 0.3) is 0 Å². The van der Waals surface area contributed by atoms with E-state index in [9.17, 15) is 5.11 Å². The van der Waals surface area contributed by atoms with E-state index >= 15 is 0 Å². The lowest BCUT2D eigenvalue weighted by Gasteiger charge is -2.08. The molecule has 0 saturated carbocycles. The van der Waals surface area contributed by atoms with Crippen LogP contribution in [0.4, 0.5) is 0 Å². The first kappa shape index (κ1) is 11.5. The van der Waals surface area contributed by atoms with Gasteiger partial charge in [-0.2, -0.15) is 0 Å². The first-order valence-electron chi connectivity index (χ1n) is 5.72. The van der Waals surface area contributed by atoms with Crippen LogP contribution in [0, 0.1) is 3.57 Å². The van der Waals surface area contributed by atoms with E-state index in [1.165, 1.54) is 3.57 Å². The molecule has 3 aromatic carbocycles. The van der Waals surface area contributed by atoms with Crippen molar-refractivity contribution in [2.24, 2.45) is 0 Å². The van der Waals surface area contributed by atoms with Crippen molar-refractivity contribution in [1.29, 1.82) is 0 Å². The molecule has 0 heterocycles. The summed E-state index contributed by atoms with van der Waals surface area (Å²) in [5.74, 6) is 0.336. The summed E-state index contributed by atoms with van der Waals surface area (Å²) in [6.07, 6.45) is 0. The van der Waals surface area contributed by atoms with Crippen molar-refractivity contribution in [2.45, 2.75) is 0 Å². The molecule has 88 valence electrons. The van der Waals surface area contributed by atoms with Gasteiger partial charge in [-0.3, -0.25) is 0 Å². The molecule has 0 bridgehead atoms. The van der Waals surface area contributed by atoms with Crippen molar-refractivity contribution in [3.8, 4) is 16.9 Å². The van der Waals surface area contributed by atoms with Crippen LogP contribution in [0.15, 0.2) is 60.7 Å². The molecule has 0 unspecified atom stereocenters. The van der Waals surface area contributed by atoms with Gasteiger partial charge in [-0.15, -0.1) is 0 Å². The van der Waals surface area contributed by atoms with Crippen molar-refractivity contribution in [1.82, 2.24) is 0 Å². The molecule has 0 fully saturated rings. The number of rotatable bonds is 1. The number of phenols is 1. The average molecular weight is 346 g/mol. The average Bonchev–Trinajstić information content (AvgIpc) is 2.39. The Hall–Kier alpha value is -1.55. The Morgan fingerprint density at radius 1 is 0.833 bits per heavy atom. The van der Waals surface area contributed by atoms with Gasteiger partial charge in [0.05, 0.1) is 0 Å². The van der Waals surface area contributed by atoms with Crippen molar-refractivity contribution in [2.75, 3.05) is 0 Å². The summed E-state index contributed by atoms with van der Waals surface area (Å²) in [6.45, 7) is 0. The number of halogens is 1. The predicted molar refractivity (Wildman–Crippen MR) is 83.8 cm³/mol. The molecule has 1 N–H and O–H groups in total. The van der Waals surface area contributed by atoms with Crippen molar-refractivity contribution < 1.29 is 5.11 Å². The van der Waals surface area contributed by atoms with E-state index in [0.29, 0.717) is 5.75 Å². The number of aromatic hydroxyl groups is 1. The highest BCUT2D eigenvalue weighted by Crippen LogP contribution is 2.33. The lowest BCUT2D eigenvalue weighted by molar-refractivity contribution is 0.482. The number of benzene rings is 3. The van der Waals surface area contributed by atoms with E-state index < -0.39 is 0 Å². The third-order valence-corrected chi connectivity index (χ3v) is 3.97. The Morgan fingerprint density at radius 3 is 2.39 bits per heavy atom. The van der Waals surface area contributed by atoms with E-state index in [4.69, 9.17) is 0 Å². The molecular weight excluding hydrogens is 335 g/mol. The quantitative estimate of drug-likeness (QED) is 0.627. The second-order valence-corrected chi connectivity index (χ2v) is 5.36. The fraction of sp³-hybridized carbons (Fsp3) is 0. The number of phenolic OH excluding ortho intramolecular Hbond substituents is 1. The molecule has 0 aliphatic carbocycles. The number of fused-ring (bicyclic) bond motifs is 1. The van der Waals surface area contributed by atoms with Crippen LogP contribution in [0.3, 0.4) is 0 Å². The van der Waals surface area contributed by atoms with E-state index in [1.54, 1.807) is 0 Å². The lowest BCUT2D eigenvalue weighted by atomic mass is 10.0. The van der Waals surface area contributed by atoms with Crippen molar-refractivity contribution in [3.05, 3.63) is 64.2 Å². The summed E-state index contributed by atoms with van der Waals surface area (Å²) in [6, 6.07) is 20.0. The zero-order valence-corrected chi connectivity index (χ0v) is 11.8. The van der Waals surface area contributed by atoms with Gasteiger partial charge < -0.3 is 5.11 Å². The van der Waals surface area contributed by atoms with Crippen LogP contribution >= 0.6 is 22.6 Å². The predicted octanol–water partition coefficient (Wildman–Crippen LogP) is 4.82. The fourth-order valence-corrected chi connectivity index (χ4v) is 2.84. The first-order valence-corrected chi connectivity index (χ1v) is 6.80. The SMILES string of the molecule is Oc1cc(-c2ccccc2I)cc2ccccc12. The monoisotopic (exact) mass is 346 g/mol. The van der Waals surface area contributed by atoms with Gasteiger partial charge >= 0.3 is 0 Å². The standard InChI is InChI=1S/C16H11IO/c17-15-8-4-3-6-13(15)12-9-11-5-1-2-7-14(11)16(18)10-12/h1-10,18H. The summed E-state index contributed by atoms with van der Waals surface area (Å²) >= 11 is 2.32. The molecule has 0 atom stereocenters. The van der Waals surface area contributed by atoms with Crippen molar-refractivity contribution in [3.63, 3.8) is 0 Å². The highest BCUT2D eigenvalue weighted by Gasteiger charge is 2.06. The minimum Gasteiger partial charge on any atom is -0.507 e. The third kappa shape index (κ3) is 1.97. The first-order chi connectivity index (χ1) is 8.75. The van der Waals surface area contributed by atoms with Gasteiger partial charge in [-0.25, -0.2) is 0 Å². The molecule has 3 rings (SSSR count). The molecule has 2 heteroatoms. The smallest absolute Gasteiger partial charge is 0.124 e. The largest absolute Gasteiger partial charge is 0.507 e.